The zero-order chi connectivity index (χ0) is 27.6. The van der Waals surface area contributed by atoms with E-state index in [9.17, 15) is 18.0 Å². The van der Waals surface area contributed by atoms with Crippen molar-refractivity contribution in [3.8, 4) is 5.75 Å². The summed E-state index contributed by atoms with van der Waals surface area (Å²) in [5.41, 5.74) is 6.13. The number of nitrogens with one attached hydrogen (secondary N) is 1. The zero-order valence-electron chi connectivity index (χ0n) is 21.8. The fraction of sp³-hybridized carbons (Fsp3) is 0.310. The fourth-order valence-corrected chi connectivity index (χ4v) is 4.91. The maximum absolute atomic E-state index is 13.1. The van der Waals surface area contributed by atoms with Gasteiger partial charge in [0, 0.05) is 50.3 Å². The lowest BCUT2D eigenvalue weighted by atomic mass is 10.1. The molecule has 1 amide bonds. The lowest BCUT2D eigenvalue weighted by Crippen LogP contribution is -2.46. The molecule has 0 radical (unpaired) electrons. The topological polar surface area (TPSA) is 62.1 Å². The van der Waals surface area contributed by atoms with Crippen LogP contribution < -0.4 is 19.9 Å². The second-order valence-electron chi connectivity index (χ2n) is 9.51. The Labute approximate surface area is 224 Å². The number of carbonyl (C=O) groups is 1. The summed E-state index contributed by atoms with van der Waals surface area (Å²) in [6.45, 7) is 7.44. The van der Waals surface area contributed by atoms with E-state index in [1.165, 1.54) is 12.1 Å². The molecule has 0 unspecified atom stereocenters. The molecule has 0 atom stereocenters. The van der Waals surface area contributed by atoms with Gasteiger partial charge in [-0.1, -0.05) is 25.1 Å². The average molecular weight is 538 g/mol. The molecule has 1 aliphatic heterocycles. The summed E-state index contributed by atoms with van der Waals surface area (Å²) in [4.78, 5) is 22.2. The molecule has 0 bridgehead atoms. The minimum absolute atomic E-state index is 0.150. The first-order valence-corrected chi connectivity index (χ1v) is 12.9. The van der Waals surface area contributed by atoms with Crippen molar-refractivity contribution in [1.82, 2.24) is 14.7 Å². The molecule has 204 valence electrons. The van der Waals surface area contributed by atoms with E-state index in [-0.39, 0.29) is 11.7 Å². The van der Waals surface area contributed by atoms with Gasteiger partial charge in [-0.25, -0.2) is 4.98 Å². The van der Waals surface area contributed by atoms with E-state index in [2.05, 4.69) is 37.0 Å². The van der Waals surface area contributed by atoms with Gasteiger partial charge in [0.1, 0.15) is 17.1 Å². The van der Waals surface area contributed by atoms with E-state index >= 15 is 0 Å². The fourth-order valence-electron chi connectivity index (χ4n) is 4.91. The number of aryl methyl sites for hydroxylation is 2. The smallest absolute Gasteiger partial charge is 0.406 e. The largest absolute Gasteiger partial charge is 0.573 e. The SMILES string of the molecule is CCc1nc2c(C)cccn2c1C(=O)NCc1ccc(N2CCN(c3ccc(OC(F)(F)F)cc3)CC2)cc1. The van der Waals surface area contributed by atoms with Crippen LogP contribution in [-0.4, -0.2) is 47.8 Å². The van der Waals surface area contributed by atoms with Crippen molar-refractivity contribution in [3.05, 3.63) is 89.4 Å². The van der Waals surface area contributed by atoms with Crippen molar-refractivity contribution >= 4 is 22.9 Å². The molecule has 1 aliphatic rings. The summed E-state index contributed by atoms with van der Waals surface area (Å²) >= 11 is 0. The van der Waals surface area contributed by atoms with Crippen LogP contribution in [0, 0.1) is 6.92 Å². The number of halogens is 3. The Balaban J connectivity index is 1.16. The molecule has 5 rings (SSSR count). The second kappa shape index (κ2) is 10.9. The van der Waals surface area contributed by atoms with Crippen molar-refractivity contribution in [2.75, 3.05) is 36.0 Å². The van der Waals surface area contributed by atoms with Crippen molar-refractivity contribution < 1.29 is 22.7 Å². The van der Waals surface area contributed by atoms with Gasteiger partial charge in [-0.3, -0.25) is 9.20 Å². The molecule has 4 aromatic rings. The number of aromatic nitrogens is 2. The summed E-state index contributed by atoms with van der Waals surface area (Å²) in [6.07, 6.45) is -2.15. The van der Waals surface area contributed by atoms with E-state index in [0.717, 1.165) is 60.0 Å². The number of hydrogen-bond donors (Lipinski definition) is 1. The number of carbonyl (C=O) groups excluding carboxylic acids is 1. The summed E-state index contributed by atoms with van der Waals surface area (Å²) in [5.74, 6) is -0.372. The summed E-state index contributed by atoms with van der Waals surface area (Å²) < 4.78 is 43.0. The number of anilines is 2. The highest BCUT2D eigenvalue weighted by molar-refractivity contribution is 5.94. The molecule has 7 nitrogen and oxygen atoms in total. The standard InChI is InChI=1S/C29H30F3N5O2/c1-3-25-26(37-14-4-5-20(2)27(37)34-25)28(38)33-19-21-6-8-22(9-7-21)35-15-17-36(18-16-35)23-10-12-24(13-11-23)39-29(30,31)32/h4-14H,3,15-19H2,1-2H3,(H,33,38). The number of alkyl halides is 3. The Morgan fingerprint density at radius 2 is 1.54 bits per heavy atom. The molecule has 0 aliphatic carbocycles. The molecule has 1 saturated heterocycles. The highest BCUT2D eigenvalue weighted by Gasteiger charge is 2.31. The Morgan fingerprint density at radius 3 is 2.10 bits per heavy atom. The highest BCUT2D eigenvalue weighted by atomic mass is 19.4. The second-order valence-corrected chi connectivity index (χ2v) is 9.51. The number of amides is 1. The Bertz CT molecular complexity index is 1440. The zero-order valence-corrected chi connectivity index (χ0v) is 21.8. The monoisotopic (exact) mass is 537 g/mol. The normalized spacial score (nSPS) is 14.1. The van der Waals surface area contributed by atoms with Crippen LogP contribution in [0.5, 0.6) is 5.75 Å². The van der Waals surface area contributed by atoms with Crippen LogP contribution in [0.25, 0.3) is 5.65 Å². The molecule has 1 fully saturated rings. The third kappa shape index (κ3) is 5.94. The minimum atomic E-state index is -4.69. The van der Waals surface area contributed by atoms with Gasteiger partial charge in [0.2, 0.25) is 0 Å². The van der Waals surface area contributed by atoms with Crippen LogP contribution in [0.4, 0.5) is 24.5 Å². The Kier molecular flexibility index (Phi) is 7.36. The van der Waals surface area contributed by atoms with Gasteiger partial charge in [-0.15, -0.1) is 13.2 Å². The summed E-state index contributed by atoms with van der Waals surface area (Å²) in [7, 11) is 0. The van der Waals surface area contributed by atoms with E-state index in [0.29, 0.717) is 18.7 Å². The Hall–Kier alpha value is -4.21. The van der Waals surface area contributed by atoms with Crippen molar-refractivity contribution in [3.63, 3.8) is 0 Å². The molecule has 10 heteroatoms. The lowest BCUT2D eigenvalue weighted by Gasteiger charge is -2.37. The summed E-state index contributed by atoms with van der Waals surface area (Å²) in [6, 6.07) is 18.0. The molecule has 2 aromatic heterocycles. The van der Waals surface area contributed by atoms with E-state index in [1.54, 1.807) is 12.1 Å². The van der Waals surface area contributed by atoms with Crippen LogP contribution >= 0.6 is 0 Å². The van der Waals surface area contributed by atoms with Crippen LogP contribution in [0.15, 0.2) is 66.9 Å². The van der Waals surface area contributed by atoms with Gasteiger partial charge in [-0.2, -0.15) is 0 Å². The molecular formula is C29H30F3N5O2. The van der Waals surface area contributed by atoms with Gasteiger partial charge in [0.25, 0.3) is 5.91 Å². The summed E-state index contributed by atoms with van der Waals surface area (Å²) in [5, 5.41) is 3.04. The van der Waals surface area contributed by atoms with Gasteiger partial charge >= 0.3 is 6.36 Å². The van der Waals surface area contributed by atoms with E-state index < -0.39 is 6.36 Å². The molecular weight excluding hydrogens is 507 g/mol. The van der Waals surface area contributed by atoms with Gasteiger partial charge < -0.3 is 19.9 Å². The number of nitrogens with zero attached hydrogens (tertiary/aromatic N) is 4. The molecule has 3 heterocycles. The van der Waals surface area contributed by atoms with Gasteiger partial charge in [-0.05, 0) is 66.9 Å². The molecule has 1 N–H and O–H groups in total. The first-order chi connectivity index (χ1) is 18.7. The number of pyridine rings is 1. The number of fused-ring (bicyclic) bond motifs is 1. The first kappa shape index (κ1) is 26.4. The predicted octanol–water partition coefficient (Wildman–Crippen LogP) is 5.36. The third-order valence-electron chi connectivity index (χ3n) is 6.94. The van der Waals surface area contributed by atoms with Crippen LogP contribution in [0.2, 0.25) is 0 Å². The average Bonchev–Trinajstić information content (AvgIpc) is 3.32. The number of ether oxygens (including phenoxy) is 1. The first-order valence-electron chi connectivity index (χ1n) is 12.9. The van der Waals surface area contributed by atoms with Crippen LogP contribution in [0.1, 0.15) is 34.2 Å². The van der Waals surface area contributed by atoms with E-state index in [4.69, 9.17) is 0 Å². The van der Waals surface area contributed by atoms with Gasteiger partial charge in [0.05, 0.1) is 5.69 Å². The third-order valence-corrected chi connectivity index (χ3v) is 6.94. The quantitative estimate of drug-likeness (QED) is 0.344. The number of rotatable bonds is 7. The van der Waals surface area contributed by atoms with Crippen LogP contribution in [-0.2, 0) is 13.0 Å². The van der Waals surface area contributed by atoms with Crippen molar-refractivity contribution in [1.29, 1.82) is 0 Å². The number of piperazine rings is 1. The molecule has 0 saturated carbocycles. The number of benzene rings is 2. The molecule has 0 spiro atoms. The molecule has 39 heavy (non-hydrogen) atoms. The van der Waals surface area contributed by atoms with Crippen molar-refractivity contribution in [2.24, 2.45) is 0 Å². The molecule has 2 aromatic carbocycles. The van der Waals surface area contributed by atoms with Gasteiger partial charge in [0.15, 0.2) is 0 Å². The van der Waals surface area contributed by atoms with Crippen LogP contribution in [0.3, 0.4) is 0 Å². The highest BCUT2D eigenvalue weighted by Crippen LogP contribution is 2.27. The minimum Gasteiger partial charge on any atom is -0.406 e. The predicted molar refractivity (Wildman–Crippen MR) is 144 cm³/mol. The maximum Gasteiger partial charge on any atom is 0.573 e. The number of hydrogen-bond acceptors (Lipinski definition) is 5. The van der Waals surface area contributed by atoms with Crippen molar-refractivity contribution in [2.45, 2.75) is 33.2 Å². The Morgan fingerprint density at radius 1 is 0.949 bits per heavy atom. The van der Waals surface area contributed by atoms with E-state index in [1.807, 2.05) is 48.7 Å². The lowest BCUT2D eigenvalue weighted by molar-refractivity contribution is -0.274. The maximum atomic E-state index is 13.1. The number of imidazole rings is 1.